The fraction of sp³-hybridized carbons (Fsp3) is 0.960. The third kappa shape index (κ3) is 62.9. The third-order valence-corrected chi connectivity index (χ3v) is 14.4. The van der Waals surface area contributed by atoms with Gasteiger partial charge in [0, 0.05) is 82.1 Å². The summed E-state index contributed by atoms with van der Waals surface area (Å²) in [5.41, 5.74) is 2.36. The summed E-state index contributed by atoms with van der Waals surface area (Å²) < 4.78 is 27.7. The molecule has 0 aliphatic carbocycles. The maximum atomic E-state index is 5.29. The highest BCUT2D eigenvalue weighted by molar-refractivity contribution is 4.84. The van der Waals surface area contributed by atoms with Crippen LogP contribution >= 0.6 is 0 Å². The van der Waals surface area contributed by atoms with Crippen LogP contribution in [0.2, 0.25) is 0 Å². The Labute approximate surface area is 540 Å². The predicted molar refractivity (Wildman–Crippen MR) is 388 cm³/mol. The lowest BCUT2D eigenvalue weighted by Gasteiger charge is -2.38. The molecule has 0 amide bonds. The van der Waals surface area contributed by atoms with Crippen LogP contribution in [0, 0.1) is 45.8 Å². The molecule has 8 heterocycles. The van der Waals surface area contributed by atoms with Crippen molar-refractivity contribution in [2.75, 3.05) is 105 Å². The SMILES string of the molecule is C.CC.CC.CC.CC.CC.CC.CC.CC.CC(C)(C)C1CCNCC1.CC(C)(C)C1CCOCC1.CC(C)(C)C1COC1.CC(C)(C)N1CCCC1.CC(C)(C)N1CCOCC1.CC(C)(C)n1cccn1.C[C@@H]1CCOC1.C[C@@H]1CCOC1. The predicted octanol–water partition coefficient (Wildman–Crippen LogP) is 21.7. The number of hydrogen-bond donors (Lipinski definition) is 1. The quantitative estimate of drug-likeness (QED) is 0.273. The second-order valence-corrected chi connectivity index (χ2v) is 26.9. The van der Waals surface area contributed by atoms with Gasteiger partial charge in [-0.15, -0.1) is 0 Å². The smallest absolute Gasteiger partial charge is 0.0594 e. The van der Waals surface area contributed by atoms with E-state index >= 15 is 0 Å². The minimum Gasteiger partial charge on any atom is -0.381 e. The van der Waals surface area contributed by atoms with Crippen LogP contribution in [0.4, 0.5) is 0 Å². The van der Waals surface area contributed by atoms with E-state index in [-0.39, 0.29) is 13.0 Å². The Hall–Kier alpha value is -1.11. The number of morpholine rings is 1. The van der Waals surface area contributed by atoms with E-state index in [0.717, 1.165) is 109 Å². The van der Waals surface area contributed by atoms with E-state index in [0.29, 0.717) is 27.3 Å². The van der Waals surface area contributed by atoms with E-state index in [1.165, 1.54) is 77.5 Å². The van der Waals surface area contributed by atoms with E-state index in [1.807, 2.05) is 128 Å². The van der Waals surface area contributed by atoms with Crippen molar-refractivity contribution in [3.8, 4) is 0 Å². The van der Waals surface area contributed by atoms with Crippen LogP contribution in [-0.2, 0) is 29.2 Å². The number of rotatable bonds is 0. The molecule has 0 spiro atoms. The van der Waals surface area contributed by atoms with Crippen molar-refractivity contribution in [2.45, 2.75) is 325 Å². The molecule has 7 aliphatic heterocycles. The molecule has 1 aromatic rings. The summed E-state index contributed by atoms with van der Waals surface area (Å²) in [6.45, 7) is 94.1. The van der Waals surface area contributed by atoms with Crippen LogP contribution in [0.5, 0.6) is 0 Å². The van der Waals surface area contributed by atoms with Crippen LogP contribution in [0.3, 0.4) is 0 Å². The molecule has 10 heteroatoms. The molecule has 7 aliphatic rings. The van der Waals surface area contributed by atoms with Gasteiger partial charge in [0.25, 0.3) is 0 Å². The highest BCUT2D eigenvalue weighted by atomic mass is 16.5. The standard InChI is InChI=1S/C9H19N.C9H18O.C8H17NO.C8H17N.C7H12N2.C7H14O.2C5H10O.8C2H6.CH4/c2*1-9(2,3)8-4-6-10-7-5-8;1-8(2,3)9-4-6-10-7-5-9;1-8(2,3)9-6-4-5-7-9;1-7(2,3)9-6-4-5-8-9;1-7(2,3)6-4-8-5-6;2*1-5-2-3-6-4-5;8*1-2;/h8,10H,4-7H2,1-3H3;8H,4-7H2,1-3H3;4-7H2,1-3H3;4-7H2,1-3H3;4-6H,1-3H3;6H,4-5H2,1-3H3;2*5H,2-4H2,1H3;8*1-2H3;1H4/t;;;;;;2*5-;;;;;;;;;/m......11........./s1. The van der Waals surface area contributed by atoms with E-state index < -0.39 is 0 Å². The molecule has 0 aromatic carbocycles. The van der Waals surface area contributed by atoms with Crippen molar-refractivity contribution >= 4 is 0 Å². The zero-order valence-electron chi connectivity index (χ0n) is 64.9. The Morgan fingerprint density at radius 1 is 0.365 bits per heavy atom. The Bertz CT molecular complexity index is 1230. The van der Waals surface area contributed by atoms with Crippen LogP contribution < -0.4 is 5.32 Å². The highest BCUT2D eigenvalue weighted by Crippen LogP contribution is 2.34. The fourth-order valence-electron chi connectivity index (χ4n) is 8.58. The summed E-state index contributed by atoms with van der Waals surface area (Å²) in [6.07, 6.45) is 14.3. The molecule has 524 valence electrons. The number of nitrogens with zero attached hydrogens (tertiary/aromatic N) is 4. The second-order valence-electron chi connectivity index (χ2n) is 26.9. The minimum atomic E-state index is 0. The minimum absolute atomic E-state index is 0. The molecule has 1 aromatic heterocycles. The highest BCUT2D eigenvalue weighted by Gasteiger charge is 2.31. The number of hydrogen-bond acceptors (Lipinski definition) is 9. The summed E-state index contributed by atoms with van der Waals surface area (Å²) in [5, 5.41) is 7.49. The first-order valence-corrected chi connectivity index (χ1v) is 35.5. The van der Waals surface area contributed by atoms with Crippen molar-refractivity contribution in [3.63, 3.8) is 0 Å². The number of aromatic nitrogens is 2. The van der Waals surface area contributed by atoms with E-state index in [4.69, 9.17) is 23.7 Å². The molecule has 85 heavy (non-hydrogen) atoms. The molecular weight excluding hydrogens is 1050 g/mol. The van der Waals surface area contributed by atoms with Crippen molar-refractivity contribution < 1.29 is 23.7 Å². The van der Waals surface area contributed by atoms with Gasteiger partial charge in [-0.05, 0) is 186 Å². The number of nitrogens with one attached hydrogen (secondary N) is 1. The Kier molecular flexibility index (Phi) is 77.9. The number of piperidine rings is 1. The molecule has 0 bridgehead atoms. The average Bonchev–Trinajstić information content (AvgIpc) is 4.35. The van der Waals surface area contributed by atoms with E-state index in [9.17, 15) is 0 Å². The van der Waals surface area contributed by atoms with E-state index in [2.05, 4.69) is 159 Å². The molecule has 8 rings (SSSR count). The molecule has 0 unspecified atom stereocenters. The Morgan fingerprint density at radius 2 is 0.682 bits per heavy atom. The maximum Gasteiger partial charge on any atom is 0.0594 e. The normalized spacial score (nSPS) is 19.4. The largest absolute Gasteiger partial charge is 0.381 e. The van der Waals surface area contributed by atoms with Crippen molar-refractivity contribution in [3.05, 3.63) is 18.5 Å². The summed E-state index contributed by atoms with van der Waals surface area (Å²) in [5.74, 6) is 4.27. The summed E-state index contributed by atoms with van der Waals surface area (Å²) in [7, 11) is 0. The van der Waals surface area contributed by atoms with Crippen molar-refractivity contribution in [1.29, 1.82) is 0 Å². The van der Waals surface area contributed by atoms with Gasteiger partial charge >= 0.3 is 0 Å². The first kappa shape index (κ1) is 103. The zero-order chi connectivity index (χ0) is 67.7. The van der Waals surface area contributed by atoms with Crippen molar-refractivity contribution in [1.82, 2.24) is 24.9 Å². The molecular formula is C75H169N5O5. The molecule has 10 nitrogen and oxygen atoms in total. The second kappa shape index (κ2) is 64.4. The van der Waals surface area contributed by atoms with Crippen molar-refractivity contribution in [2.24, 2.45) is 45.8 Å². The van der Waals surface area contributed by atoms with Gasteiger partial charge in [0.05, 0.1) is 32.0 Å². The summed E-state index contributed by atoms with van der Waals surface area (Å²) in [6, 6.07) is 1.94. The first-order valence-electron chi connectivity index (χ1n) is 35.5. The molecule has 1 N–H and O–H groups in total. The molecule has 7 fully saturated rings. The lowest BCUT2D eigenvalue weighted by molar-refractivity contribution is -0.0821. The summed E-state index contributed by atoms with van der Waals surface area (Å²) >= 11 is 0. The lowest BCUT2D eigenvalue weighted by atomic mass is 9.76. The van der Waals surface area contributed by atoms with E-state index in [1.54, 1.807) is 6.20 Å². The van der Waals surface area contributed by atoms with Gasteiger partial charge in [-0.25, -0.2) is 0 Å². The van der Waals surface area contributed by atoms with Gasteiger partial charge in [0.15, 0.2) is 0 Å². The third-order valence-electron chi connectivity index (χ3n) is 14.4. The Morgan fingerprint density at radius 3 is 0.847 bits per heavy atom. The van der Waals surface area contributed by atoms with Gasteiger partial charge in [-0.3, -0.25) is 14.5 Å². The van der Waals surface area contributed by atoms with Gasteiger partial charge < -0.3 is 29.0 Å². The summed E-state index contributed by atoms with van der Waals surface area (Å²) in [4.78, 5) is 5.00. The molecule has 0 radical (unpaired) electrons. The molecule has 2 atom stereocenters. The molecule has 7 saturated heterocycles. The maximum absolute atomic E-state index is 5.29. The van der Waals surface area contributed by atoms with Gasteiger partial charge in [0.1, 0.15) is 0 Å². The van der Waals surface area contributed by atoms with Gasteiger partial charge in [-0.2, -0.15) is 5.10 Å². The van der Waals surface area contributed by atoms with Crippen LogP contribution in [0.15, 0.2) is 18.5 Å². The van der Waals surface area contributed by atoms with Gasteiger partial charge in [-0.1, -0.05) is 194 Å². The first-order chi connectivity index (χ1) is 39.4. The number of likely N-dealkylation sites (tertiary alicyclic amines) is 1. The van der Waals surface area contributed by atoms with Crippen LogP contribution in [0.25, 0.3) is 0 Å². The lowest BCUT2D eigenvalue weighted by Crippen LogP contribution is -2.47. The monoisotopic (exact) mass is 1220 g/mol. The zero-order valence-corrected chi connectivity index (χ0v) is 64.9. The van der Waals surface area contributed by atoms with Gasteiger partial charge in [0.2, 0.25) is 0 Å². The molecule has 0 saturated carbocycles. The fourth-order valence-corrected chi connectivity index (χ4v) is 8.58. The number of ether oxygens (including phenoxy) is 5. The average molecular weight is 1220 g/mol. The van der Waals surface area contributed by atoms with Crippen LogP contribution in [-0.4, -0.2) is 136 Å². The Balaban J connectivity index is -0.000000107. The topological polar surface area (TPSA) is 82.5 Å². The van der Waals surface area contributed by atoms with Crippen LogP contribution in [0.1, 0.15) is 308 Å².